The third-order valence-corrected chi connectivity index (χ3v) is 4.56. The summed E-state index contributed by atoms with van der Waals surface area (Å²) in [6.07, 6.45) is 0. The van der Waals surface area contributed by atoms with Gasteiger partial charge in [-0.1, -0.05) is 48.5 Å². The third-order valence-electron chi connectivity index (χ3n) is 4.56. The Labute approximate surface area is 178 Å². The molecule has 0 atom stereocenters. The van der Waals surface area contributed by atoms with Crippen molar-refractivity contribution in [1.29, 1.82) is 0 Å². The molecule has 0 radical (unpaired) electrons. The van der Waals surface area contributed by atoms with Crippen LogP contribution < -0.4 is 10.6 Å². The van der Waals surface area contributed by atoms with Crippen molar-refractivity contribution in [3.8, 4) is 0 Å². The highest BCUT2D eigenvalue weighted by Crippen LogP contribution is 2.18. The van der Waals surface area contributed by atoms with Crippen LogP contribution in [0.1, 0.15) is 20.8 Å². The molecular weight excluding hydrogens is 394 g/mol. The van der Waals surface area contributed by atoms with Crippen molar-refractivity contribution in [2.75, 3.05) is 17.2 Å². The SMILES string of the molecule is O=C(COC(=O)c1cc2ccccc2[nH]1)Nc1ccccc1C(=O)Nc1ccccc1. The first-order valence-electron chi connectivity index (χ1n) is 9.60. The molecule has 154 valence electrons. The Morgan fingerprint density at radius 2 is 1.52 bits per heavy atom. The van der Waals surface area contributed by atoms with Crippen LogP contribution in [0.5, 0.6) is 0 Å². The van der Waals surface area contributed by atoms with E-state index in [0.717, 1.165) is 10.9 Å². The number of nitrogens with one attached hydrogen (secondary N) is 3. The molecule has 0 aliphatic carbocycles. The van der Waals surface area contributed by atoms with Gasteiger partial charge >= 0.3 is 5.97 Å². The molecule has 2 amide bonds. The number of benzene rings is 3. The number of hydrogen-bond donors (Lipinski definition) is 3. The minimum atomic E-state index is -0.638. The van der Waals surface area contributed by atoms with Crippen LogP contribution in [-0.2, 0) is 9.53 Å². The van der Waals surface area contributed by atoms with Crippen molar-refractivity contribution < 1.29 is 19.1 Å². The van der Waals surface area contributed by atoms with Gasteiger partial charge in [-0.2, -0.15) is 0 Å². The van der Waals surface area contributed by atoms with Crippen molar-refractivity contribution in [1.82, 2.24) is 4.98 Å². The van der Waals surface area contributed by atoms with Gasteiger partial charge in [0.1, 0.15) is 5.69 Å². The molecule has 3 N–H and O–H groups in total. The molecule has 4 aromatic rings. The summed E-state index contributed by atoms with van der Waals surface area (Å²) in [4.78, 5) is 40.1. The van der Waals surface area contributed by atoms with Gasteiger partial charge in [-0.15, -0.1) is 0 Å². The van der Waals surface area contributed by atoms with Gasteiger partial charge in [-0.05, 0) is 36.4 Å². The molecule has 4 rings (SSSR count). The second-order valence-electron chi connectivity index (χ2n) is 6.76. The van der Waals surface area contributed by atoms with Crippen LogP contribution in [0.25, 0.3) is 10.9 Å². The van der Waals surface area contributed by atoms with E-state index in [0.29, 0.717) is 16.9 Å². The maximum atomic E-state index is 12.6. The zero-order valence-corrected chi connectivity index (χ0v) is 16.4. The van der Waals surface area contributed by atoms with Gasteiger partial charge in [0.15, 0.2) is 6.61 Å². The number of aromatic nitrogens is 1. The van der Waals surface area contributed by atoms with Gasteiger partial charge in [-0.3, -0.25) is 9.59 Å². The highest BCUT2D eigenvalue weighted by Gasteiger charge is 2.16. The predicted molar refractivity (Wildman–Crippen MR) is 118 cm³/mol. The lowest BCUT2D eigenvalue weighted by Crippen LogP contribution is -2.23. The molecule has 0 bridgehead atoms. The molecule has 0 saturated heterocycles. The Morgan fingerprint density at radius 1 is 0.806 bits per heavy atom. The van der Waals surface area contributed by atoms with E-state index >= 15 is 0 Å². The molecule has 7 heteroatoms. The first-order chi connectivity index (χ1) is 15.1. The Morgan fingerprint density at radius 3 is 2.32 bits per heavy atom. The summed E-state index contributed by atoms with van der Waals surface area (Å²) in [6.45, 7) is -0.483. The van der Waals surface area contributed by atoms with Crippen molar-refractivity contribution in [2.45, 2.75) is 0 Å². The number of carbonyl (C=O) groups is 3. The summed E-state index contributed by atoms with van der Waals surface area (Å²) in [5, 5.41) is 6.27. The fourth-order valence-electron chi connectivity index (χ4n) is 3.09. The standard InChI is InChI=1S/C24H19N3O4/c28-22(15-31-24(30)21-14-16-8-4-6-12-19(16)26-21)27-20-13-7-5-11-18(20)23(29)25-17-9-2-1-3-10-17/h1-14,26H,15H2,(H,25,29)(H,27,28). The number of hydrogen-bond acceptors (Lipinski definition) is 4. The summed E-state index contributed by atoms with van der Waals surface area (Å²) >= 11 is 0. The summed E-state index contributed by atoms with van der Waals surface area (Å²) < 4.78 is 5.10. The van der Waals surface area contributed by atoms with Gasteiger partial charge in [0, 0.05) is 16.6 Å². The van der Waals surface area contributed by atoms with E-state index in [1.54, 1.807) is 42.5 Å². The maximum Gasteiger partial charge on any atom is 0.355 e. The lowest BCUT2D eigenvalue weighted by atomic mass is 10.1. The van der Waals surface area contributed by atoms with Crippen molar-refractivity contribution >= 4 is 40.1 Å². The predicted octanol–water partition coefficient (Wildman–Crippen LogP) is 4.22. The molecule has 3 aromatic carbocycles. The average Bonchev–Trinajstić information content (AvgIpc) is 3.23. The highest BCUT2D eigenvalue weighted by atomic mass is 16.5. The Balaban J connectivity index is 1.38. The van der Waals surface area contributed by atoms with E-state index in [1.165, 1.54) is 0 Å². The molecule has 1 heterocycles. The zero-order chi connectivity index (χ0) is 21.6. The second-order valence-corrected chi connectivity index (χ2v) is 6.76. The van der Waals surface area contributed by atoms with Gasteiger partial charge < -0.3 is 20.4 Å². The van der Waals surface area contributed by atoms with E-state index in [-0.39, 0.29) is 11.6 Å². The minimum Gasteiger partial charge on any atom is -0.451 e. The summed E-state index contributed by atoms with van der Waals surface area (Å²) in [5.41, 5.74) is 2.32. The van der Waals surface area contributed by atoms with E-state index in [4.69, 9.17) is 4.74 Å². The minimum absolute atomic E-state index is 0.261. The molecule has 0 spiro atoms. The van der Waals surface area contributed by atoms with E-state index in [1.807, 2.05) is 42.5 Å². The molecule has 0 aliphatic rings. The van der Waals surface area contributed by atoms with Crippen LogP contribution in [0.15, 0.2) is 84.9 Å². The molecule has 0 fully saturated rings. The first kappa shape index (κ1) is 19.9. The van der Waals surface area contributed by atoms with Gasteiger partial charge in [0.25, 0.3) is 11.8 Å². The average molecular weight is 413 g/mol. The molecular formula is C24H19N3O4. The molecule has 0 aliphatic heterocycles. The number of esters is 1. The number of para-hydroxylation sites is 3. The number of ether oxygens (including phenoxy) is 1. The van der Waals surface area contributed by atoms with Crippen LogP contribution in [0.4, 0.5) is 11.4 Å². The van der Waals surface area contributed by atoms with E-state index in [9.17, 15) is 14.4 Å². The summed E-state index contributed by atoms with van der Waals surface area (Å²) in [5.74, 6) is -1.55. The number of H-pyrrole nitrogens is 1. The van der Waals surface area contributed by atoms with Gasteiger partial charge in [0.05, 0.1) is 11.3 Å². The van der Waals surface area contributed by atoms with E-state index < -0.39 is 18.5 Å². The van der Waals surface area contributed by atoms with Crippen LogP contribution in [0.2, 0.25) is 0 Å². The fraction of sp³-hybridized carbons (Fsp3) is 0.0417. The Kier molecular flexibility index (Phi) is 5.75. The summed E-state index contributed by atoms with van der Waals surface area (Å²) in [7, 11) is 0. The third kappa shape index (κ3) is 4.79. The highest BCUT2D eigenvalue weighted by molar-refractivity contribution is 6.10. The molecule has 7 nitrogen and oxygen atoms in total. The van der Waals surface area contributed by atoms with Gasteiger partial charge in [-0.25, -0.2) is 4.79 Å². The van der Waals surface area contributed by atoms with Crippen LogP contribution in [-0.4, -0.2) is 29.4 Å². The smallest absolute Gasteiger partial charge is 0.355 e. The van der Waals surface area contributed by atoms with Crippen LogP contribution in [0, 0.1) is 0 Å². The lowest BCUT2D eigenvalue weighted by molar-refractivity contribution is -0.119. The maximum absolute atomic E-state index is 12.6. The van der Waals surface area contributed by atoms with Crippen molar-refractivity contribution in [2.24, 2.45) is 0 Å². The van der Waals surface area contributed by atoms with Crippen LogP contribution >= 0.6 is 0 Å². The Bertz CT molecular complexity index is 1210. The molecule has 1 aromatic heterocycles. The molecule has 31 heavy (non-hydrogen) atoms. The number of carbonyl (C=O) groups excluding carboxylic acids is 3. The zero-order valence-electron chi connectivity index (χ0n) is 16.4. The van der Waals surface area contributed by atoms with Crippen molar-refractivity contribution in [3.63, 3.8) is 0 Å². The number of rotatable bonds is 6. The monoisotopic (exact) mass is 413 g/mol. The largest absolute Gasteiger partial charge is 0.451 e. The first-order valence-corrected chi connectivity index (χ1v) is 9.60. The molecule has 0 saturated carbocycles. The summed E-state index contributed by atoms with van der Waals surface area (Å²) in [6, 6.07) is 24.7. The van der Waals surface area contributed by atoms with E-state index in [2.05, 4.69) is 15.6 Å². The van der Waals surface area contributed by atoms with Crippen molar-refractivity contribution in [3.05, 3.63) is 96.2 Å². The Hall–Kier alpha value is -4.39. The molecule has 0 unspecified atom stereocenters. The quantitative estimate of drug-likeness (QED) is 0.412. The lowest BCUT2D eigenvalue weighted by Gasteiger charge is -2.11. The number of amides is 2. The topological polar surface area (TPSA) is 100 Å². The number of aromatic amines is 1. The second kappa shape index (κ2) is 8.96. The number of fused-ring (bicyclic) bond motifs is 1. The normalized spacial score (nSPS) is 10.5. The van der Waals surface area contributed by atoms with Gasteiger partial charge in [0.2, 0.25) is 0 Å². The fourth-order valence-corrected chi connectivity index (χ4v) is 3.09. The number of anilines is 2. The van der Waals surface area contributed by atoms with Crippen LogP contribution in [0.3, 0.4) is 0 Å².